The lowest BCUT2D eigenvalue weighted by Crippen LogP contribution is -2.57. The Balaban J connectivity index is 2.91. The van der Waals surface area contributed by atoms with Gasteiger partial charge >= 0.3 is 5.97 Å². The number of amides is 5. The monoisotopic (exact) mass is 471 g/mol. The molecule has 186 valence electrons. The minimum atomic E-state index is -1.56. The highest BCUT2D eigenvalue weighted by atomic mass is 16.4. The molecule has 0 aromatic carbocycles. The van der Waals surface area contributed by atoms with Gasteiger partial charge in [0, 0.05) is 6.54 Å². The molecule has 11 N–H and O–H groups in total. The lowest BCUT2D eigenvalue weighted by molar-refractivity contribution is -0.146. The van der Waals surface area contributed by atoms with Crippen LogP contribution in [0, 0.1) is 0 Å². The van der Waals surface area contributed by atoms with Crippen LogP contribution in [0.2, 0.25) is 0 Å². The van der Waals surface area contributed by atoms with Gasteiger partial charge in [-0.1, -0.05) is 6.42 Å². The summed E-state index contributed by atoms with van der Waals surface area (Å²) in [5, 5.41) is 13.8. The van der Waals surface area contributed by atoms with Crippen molar-refractivity contribution in [2.24, 2.45) is 22.9 Å². The fourth-order valence-corrected chi connectivity index (χ4v) is 3.49. The molecule has 0 bridgehead atoms. The summed E-state index contributed by atoms with van der Waals surface area (Å²) in [7, 11) is 0. The van der Waals surface area contributed by atoms with E-state index in [0.29, 0.717) is 32.2 Å². The Morgan fingerprint density at radius 1 is 0.970 bits per heavy atom. The zero-order valence-corrected chi connectivity index (χ0v) is 18.3. The van der Waals surface area contributed by atoms with Crippen molar-refractivity contribution in [2.45, 2.75) is 69.1 Å². The summed E-state index contributed by atoms with van der Waals surface area (Å²) in [5.41, 5.74) is 21.5. The highest BCUT2D eigenvalue weighted by Gasteiger charge is 2.39. The van der Waals surface area contributed by atoms with Crippen LogP contribution in [0.25, 0.3) is 0 Å². The fraction of sp³-hybridized carbons (Fsp3) is 0.684. The number of nitrogens with one attached hydrogen (secondary N) is 2. The van der Waals surface area contributed by atoms with Crippen molar-refractivity contribution in [1.29, 1.82) is 0 Å². The van der Waals surface area contributed by atoms with Crippen LogP contribution in [0.15, 0.2) is 0 Å². The molecular weight excluding hydrogens is 438 g/mol. The highest BCUT2D eigenvalue weighted by molar-refractivity contribution is 5.97. The Labute approximate surface area is 190 Å². The third kappa shape index (κ3) is 9.02. The van der Waals surface area contributed by atoms with E-state index in [1.165, 1.54) is 0 Å². The van der Waals surface area contributed by atoms with Gasteiger partial charge in [-0.25, -0.2) is 4.79 Å². The van der Waals surface area contributed by atoms with E-state index in [2.05, 4.69) is 10.6 Å². The number of rotatable bonds is 14. The minimum Gasteiger partial charge on any atom is -0.480 e. The molecule has 1 saturated heterocycles. The summed E-state index contributed by atoms with van der Waals surface area (Å²) in [6.07, 6.45) is 1.11. The maximum Gasteiger partial charge on any atom is 0.326 e. The average Bonchev–Trinajstić information content (AvgIpc) is 3.21. The number of hydrogen-bond donors (Lipinski definition) is 7. The third-order valence-corrected chi connectivity index (χ3v) is 5.18. The van der Waals surface area contributed by atoms with Crippen LogP contribution in [0.1, 0.15) is 44.9 Å². The number of unbranched alkanes of at least 4 members (excludes halogenated alkanes) is 1. The summed E-state index contributed by atoms with van der Waals surface area (Å²) in [6.45, 7) is 0.579. The number of carbonyl (C=O) groups excluding carboxylic acids is 5. The molecule has 1 aliphatic heterocycles. The van der Waals surface area contributed by atoms with Crippen LogP contribution in [-0.4, -0.2) is 82.8 Å². The molecule has 0 spiro atoms. The second-order valence-corrected chi connectivity index (χ2v) is 7.88. The maximum atomic E-state index is 13.1. The van der Waals surface area contributed by atoms with E-state index in [1.807, 2.05) is 0 Å². The van der Waals surface area contributed by atoms with Gasteiger partial charge in [-0.2, -0.15) is 0 Å². The van der Waals surface area contributed by atoms with E-state index in [-0.39, 0.29) is 13.0 Å². The van der Waals surface area contributed by atoms with Gasteiger partial charge in [-0.05, 0) is 32.2 Å². The first kappa shape index (κ1) is 27.8. The summed E-state index contributed by atoms with van der Waals surface area (Å²) >= 11 is 0. The first-order chi connectivity index (χ1) is 15.5. The van der Waals surface area contributed by atoms with Crippen molar-refractivity contribution in [1.82, 2.24) is 15.5 Å². The molecule has 14 heteroatoms. The average molecular weight is 472 g/mol. The Morgan fingerprint density at radius 2 is 1.58 bits per heavy atom. The SMILES string of the molecule is NCCCCC(N)C(=O)NC(CC(N)=O)C(=O)N1CCCC1C(=O)NC(CC(N)=O)C(=O)O. The number of carboxylic acids is 1. The molecule has 1 fully saturated rings. The predicted octanol–water partition coefficient (Wildman–Crippen LogP) is -3.76. The zero-order chi connectivity index (χ0) is 25.1. The number of nitrogens with zero attached hydrogens (tertiary/aromatic N) is 1. The quantitative estimate of drug-likeness (QED) is 0.123. The van der Waals surface area contributed by atoms with Gasteiger partial charge in [0.15, 0.2) is 0 Å². The molecule has 0 aromatic heterocycles. The smallest absolute Gasteiger partial charge is 0.326 e. The van der Waals surface area contributed by atoms with Gasteiger partial charge in [-0.15, -0.1) is 0 Å². The number of carboxylic acid groups (broad SMARTS) is 1. The minimum absolute atomic E-state index is 0.137. The standard InChI is InChI=1S/C19H33N7O7/c20-6-2-1-4-10(21)16(29)24-11(8-14(22)27)18(31)26-7-3-5-13(26)17(30)25-12(19(32)33)9-15(23)28/h10-13H,1-9,20-21H2,(H2,22,27)(H2,23,28)(H,24,29)(H,25,30)(H,32,33). The summed E-state index contributed by atoms with van der Waals surface area (Å²) in [6, 6.07) is -4.88. The van der Waals surface area contributed by atoms with Crippen LogP contribution < -0.4 is 33.6 Å². The van der Waals surface area contributed by atoms with Crippen molar-refractivity contribution < 1.29 is 33.9 Å². The van der Waals surface area contributed by atoms with Crippen LogP contribution in [-0.2, 0) is 28.8 Å². The highest BCUT2D eigenvalue weighted by Crippen LogP contribution is 2.20. The van der Waals surface area contributed by atoms with Gasteiger partial charge < -0.3 is 43.6 Å². The normalized spacial score (nSPS) is 18.1. The van der Waals surface area contributed by atoms with Gasteiger partial charge in [0.25, 0.3) is 0 Å². The molecule has 0 radical (unpaired) electrons. The van der Waals surface area contributed by atoms with Crippen LogP contribution in [0.5, 0.6) is 0 Å². The van der Waals surface area contributed by atoms with E-state index in [9.17, 15) is 33.9 Å². The number of carbonyl (C=O) groups is 6. The van der Waals surface area contributed by atoms with Gasteiger partial charge in [0.05, 0.1) is 18.9 Å². The predicted molar refractivity (Wildman–Crippen MR) is 115 cm³/mol. The zero-order valence-electron chi connectivity index (χ0n) is 18.3. The Morgan fingerprint density at radius 3 is 2.12 bits per heavy atom. The molecule has 5 amide bonds. The van der Waals surface area contributed by atoms with E-state index in [4.69, 9.17) is 22.9 Å². The molecule has 4 unspecified atom stereocenters. The van der Waals surface area contributed by atoms with Crippen molar-refractivity contribution in [3.05, 3.63) is 0 Å². The van der Waals surface area contributed by atoms with Gasteiger partial charge in [0.2, 0.25) is 29.5 Å². The second-order valence-electron chi connectivity index (χ2n) is 7.88. The van der Waals surface area contributed by atoms with Crippen LogP contribution in [0.3, 0.4) is 0 Å². The largest absolute Gasteiger partial charge is 0.480 e. The number of nitrogens with two attached hydrogens (primary N) is 4. The number of hydrogen-bond acceptors (Lipinski definition) is 8. The molecule has 0 saturated carbocycles. The molecule has 1 rings (SSSR count). The summed E-state index contributed by atoms with van der Waals surface area (Å²) < 4.78 is 0. The topological polar surface area (TPSA) is 254 Å². The molecule has 33 heavy (non-hydrogen) atoms. The molecule has 4 atom stereocenters. The molecule has 1 aliphatic rings. The molecular formula is C19H33N7O7. The first-order valence-corrected chi connectivity index (χ1v) is 10.6. The van der Waals surface area contributed by atoms with E-state index in [1.54, 1.807) is 0 Å². The third-order valence-electron chi connectivity index (χ3n) is 5.18. The van der Waals surface area contributed by atoms with Crippen molar-refractivity contribution in [3.8, 4) is 0 Å². The van der Waals surface area contributed by atoms with Crippen LogP contribution >= 0.6 is 0 Å². The lowest BCUT2D eigenvalue weighted by Gasteiger charge is -2.29. The Bertz CT molecular complexity index is 761. The molecule has 0 aromatic rings. The molecule has 1 heterocycles. The van der Waals surface area contributed by atoms with Gasteiger partial charge in [-0.3, -0.25) is 24.0 Å². The summed E-state index contributed by atoms with van der Waals surface area (Å²) in [4.78, 5) is 73.1. The number of primary amides is 2. The van der Waals surface area contributed by atoms with Crippen molar-refractivity contribution in [2.75, 3.05) is 13.1 Å². The first-order valence-electron chi connectivity index (χ1n) is 10.6. The van der Waals surface area contributed by atoms with E-state index in [0.717, 1.165) is 4.90 Å². The lowest BCUT2D eigenvalue weighted by atomic mass is 10.1. The maximum absolute atomic E-state index is 13.1. The second kappa shape index (κ2) is 13.3. The number of likely N-dealkylation sites (tertiary alicyclic amines) is 1. The Hall–Kier alpha value is -3.26. The van der Waals surface area contributed by atoms with E-state index >= 15 is 0 Å². The van der Waals surface area contributed by atoms with Crippen molar-refractivity contribution >= 4 is 35.5 Å². The molecule has 0 aliphatic carbocycles. The van der Waals surface area contributed by atoms with Gasteiger partial charge in [0.1, 0.15) is 18.1 Å². The Kier molecular flexibility index (Phi) is 11.2. The fourth-order valence-electron chi connectivity index (χ4n) is 3.49. The molecule has 14 nitrogen and oxygen atoms in total. The van der Waals surface area contributed by atoms with E-state index < -0.39 is 72.5 Å². The van der Waals surface area contributed by atoms with Crippen molar-refractivity contribution in [3.63, 3.8) is 0 Å². The van der Waals surface area contributed by atoms with Crippen LogP contribution in [0.4, 0.5) is 0 Å². The summed E-state index contributed by atoms with van der Waals surface area (Å²) in [5.74, 6) is -5.40. The number of aliphatic carboxylic acids is 1.